The smallest absolute Gasteiger partial charge is 0.231 e. The molecule has 0 spiro atoms. The molecule has 1 aliphatic rings. The van der Waals surface area contributed by atoms with Crippen molar-refractivity contribution in [2.24, 2.45) is 5.73 Å². The Kier molecular flexibility index (Phi) is 5.75. The highest BCUT2D eigenvalue weighted by atomic mass is 16.7. The van der Waals surface area contributed by atoms with Gasteiger partial charge in [-0.2, -0.15) is 0 Å². The molecule has 0 radical (unpaired) electrons. The monoisotopic (exact) mass is 376 g/mol. The van der Waals surface area contributed by atoms with Crippen LogP contribution in [0.15, 0.2) is 72.8 Å². The molecule has 3 aromatic rings. The Morgan fingerprint density at radius 2 is 1.54 bits per heavy atom. The lowest BCUT2D eigenvalue weighted by Gasteiger charge is -2.22. The van der Waals surface area contributed by atoms with Crippen LogP contribution in [0.4, 0.5) is 0 Å². The van der Waals surface area contributed by atoms with E-state index in [4.69, 9.17) is 19.9 Å². The first kappa shape index (κ1) is 18.3. The molecule has 144 valence electrons. The molecule has 0 saturated heterocycles. The van der Waals surface area contributed by atoms with Crippen LogP contribution < -0.4 is 19.9 Å². The zero-order valence-corrected chi connectivity index (χ0v) is 15.7. The van der Waals surface area contributed by atoms with Crippen molar-refractivity contribution < 1.29 is 14.2 Å². The lowest BCUT2D eigenvalue weighted by Crippen LogP contribution is -2.28. The Bertz CT molecular complexity index is 915. The van der Waals surface area contributed by atoms with Crippen LogP contribution in [-0.4, -0.2) is 24.8 Å². The van der Waals surface area contributed by atoms with Crippen LogP contribution in [0.1, 0.15) is 11.1 Å². The van der Waals surface area contributed by atoms with E-state index in [1.165, 1.54) is 11.1 Å². The highest BCUT2D eigenvalue weighted by molar-refractivity contribution is 5.44. The number of nitrogens with two attached hydrogens (primary N) is 1. The summed E-state index contributed by atoms with van der Waals surface area (Å²) in [7, 11) is 0. The van der Waals surface area contributed by atoms with E-state index in [2.05, 4.69) is 23.1 Å². The molecule has 0 aliphatic carbocycles. The highest BCUT2D eigenvalue weighted by Gasteiger charge is 2.15. The average Bonchev–Trinajstić information content (AvgIpc) is 3.17. The van der Waals surface area contributed by atoms with Gasteiger partial charge in [-0.05, 0) is 47.5 Å². The molecule has 1 aliphatic heterocycles. The van der Waals surface area contributed by atoms with E-state index >= 15 is 0 Å². The van der Waals surface area contributed by atoms with Gasteiger partial charge < -0.3 is 19.9 Å². The van der Waals surface area contributed by atoms with Crippen molar-refractivity contribution in [1.29, 1.82) is 0 Å². The Hall–Kier alpha value is -3.02. The lowest BCUT2D eigenvalue weighted by atomic mass is 10.1. The van der Waals surface area contributed by atoms with E-state index in [0.29, 0.717) is 13.3 Å². The van der Waals surface area contributed by atoms with Gasteiger partial charge in [-0.3, -0.25) is 4.90 Å². The minimum absolute atomic E-state index is 0.291. The van der Waals surface area contributed by atoms with E-state index in [1.54, 1.807) is 0 Å². The third-order valence-corrected chi connectivity index (χ3v) is 4.57. The summed E-state index contributed by atoms with van der Waals surface area (Å²) >= 11 is 0. The van der Waals surface area contributed by atoms with Crippen molar-refractivity contribution >= 4 is 0 Å². The molecule has 0 atom stereocenters. The first-order valence-electron chi connectivity index (χ1n) is 9.43. The summed E-state index contributed by atoms with van der Waals surface area (Å²) in [5.41, 5.74) is 8.21. The summed E-state index contributed by atoms with van der Waals surface area (Å²) in [6.07, 6.45) is 0. The Balaban J connectivity index is 1.45. The number of benzene rings is 3. The van der Waals surface area contributed by atoms with Crippen LogP contribution in [0.3, 0.4) is 0 Å². The molecule has 0 bridgehead atoms. The topological polar surface area (TPSA) is 57.0 Å². The van der Waals surface area contributed by atoms with E-state index in [9.17, 15) is 0 Å². The molecule has 0 saturated carbocycles. The fraction of sp³-hybridized carbons (Fsp3) is 0.217. The number of nitrogens with zero attached hydrogens (tertiary/aromatic N) is 1. The summed E-state index contributed by atoms with van der Waals surface area (Å²) in [4.78, 5) is 2.32. The Labute approximate surface area is 165 Å². The molecular formula is C23H24N2O3. The zero-order chi connectivity index (χ0) is 19.2. The van der Waals surface area contributed by atoms with Crippen LogP contribution in [0.5, 0.6) is 23.0 Å². The van der Waals surface area contributed by atoms with Crippen molar-refractivity contribution in [2.45, 2.75) is 13.1 Å². The maximum Gasteiger partial charge on any atom is 0.231 e. The van der Waals surface area contributed by atoms with Crippen molar-refractivity contribution in [3.63, 3.8) is 0 Å². The Morgan fingerprint density at radius 3 is 2.36 bits per heavy atom. The minimum Gasteiger partial charge on any atom is -0.457 e. The van der Waals surface area contributed by atoms with Gasteiger partial charge in [0.2, 0.25) is 6.79 Å². The summed E-state index contributed by atoms with van der Waals surface area (Å²) in [5, 5.41) is 0. The molecule has 5 heteroatoms. The largest absolute Gasteiger partial charge is 0.457 e. The zero-order valence-electron chi connectivity index (χ0n) is 15.7. The van der Waals surface area contributed by atoms with Gasteiger partial charge in [0.05, 0.1) is 0 Å². The van der Waals surface area contributed by atoms with E-state index in [1.807, 2.05) is 54.6 Å². The summed E-state index contributed by atoms with van der Waals surface area (Å²) < 4.78 is 16.8. The standard InChI is InChI=1S/C23H24N2O3/c24-11-12-25(16-19-9-10-22-23(14-19)27-17-26-22)15-18-5-4-8-21(13-18)28-20-6-2-1-3-7-20/h1-10,13-14H,11-12,15-17,24H2. The number of para-hydroxylation sites is 1. The summed E-state index contributed by atoms with van der Waals surface area (Å²) in [6.45, 7) is 3.28. The molecule has 3 aromatic carbocycles. The molecular weight excluding hydrogens is 352 g/mol. The first-order chi connectivity index (χ1) is 13.8. The minimum atomic E-state index is 0.291. The lowest BCUT2D eigenvalue weighted by molar-refractivity contribution is 0.174. The second-order valence-corrected chi connectivity index (χ2v) is 6.75. The SMILES string of the molecule is NCCN(Cc1cccc(Oc2ccccc2)c1)Cc1ccc2c(c1)OCO2. The summed E-state index contributed by atoms with van der Waals surface area (Å²) in [6, 6.07) is 24.1. The molecule has 28 heavy (non-hydrogen) atoms. The van der Waals surface area contributed by atoms with Gasteiger partial charge in [-0.1, -0.05) is 36.4 Å². The number of rotatable bonds is 8. The normalized spacial score (nSPS) is 12.4. The van der Waals surface area contributed by atoms with Crippen LogP contribution in [0, 0.1) is 0 Å². The van der Waals surface area contributed by atoms with Gasteiger partial charge in [0.1, 0.15) is 11.5 Å². The number of hydrogen-bond donors (Lipinski definition) is 1. The molecule has 0 amide bonds. The van der Waals surface area contributed by atoms with E-state index in [-0.39, 0.29) is 0 Å². The van der Waals surface area contributed by atoms with Gasteiger partial charge in [0.25, 0.3) is 0 Å². The maximum atomic E-state index is 5.96. The molecule has 0 unspecified atom stereocenters. The molecule has 2 N–H and O–H groups in total. The number of hydrogen-bond acceptors (Lipinski definition) is 5. The number of ether oxygens (including phenoxy) is 3. The van der Waals surface area contributed by atoms with Gasteiger partial charge in [0, 0.05) is 26.2 Å². The molecule has 0 aromatic heterocycles. The molecule has 4 rings (SSSR count). The second-order valence-electron chi connectivity index (χ2n) is 6.75. The highest BCUT2D eigenvalue weighted by Crippen LogP contribution is 2.33. The average molecular weight is 376 g/mol. The van der Waals surface area contributed by atoms with Gasteiger partial charge in [0.15, 0.2) is 11.5 Å². The molecule has 5 nitrogen and oxygen atoms in total. The third kappa shape index (κ3) is 4.63. The predicted octanol–water partition coefficient (Wildman–Crippen LogP) is 4.17. The molecule has 1 heterocycles. The predicted molar refractivity (Wildman–Crippen MR) is 109 cm³/mol. The summed E-state index contributed by atoms with van der Waals surface area (Å²) in [5.74, 6) is 3.28. The van der Waals surface area contributed by atoms with Crippen LogP contribution >= 0.6 is 0 Å². The fourth-order valence-corrected chi connectivity index (χ4v) is 3.28. The fourth-order valence-electron chi connectivity index (χ4n) is 3.28. The van der Waals surface area contributed by atoms with Crippen LogP contribution in [0.2, 0.25) is 0 Å². The van der Waals surface area contributed by atoms with Crippen molar-refractivity contribution in [3.8, 4) is 23.0 Å². The molecule has 0 fully saturated rings. The van der Waals surface area contributed by atoms with Gasteiger partial charge in [-0.15, -0.1) is 0 Å². The third-order valence-electron chi connectivity index (χ3n) is 4.57. The Morgan fingerprint density at radius 1 is 0.786 bits per heavy atom. The first-order valence-corrected chi connectivity index (χ1v) is 9.43. The number of fused-ring (bicyclic) bond motifs is 1. The van der Waals surface area contributed by atoms with Crippen molar-refractivity contribution in [3.05, 3.63) is 83.9 Å². The van der Waals surface area contributed by atoms with Gasteiger partial charge in [-0.25, -0.2) is 0 Å². The van der Waals surface area contributed by atoms with E-state index < -0.39 is 0 Å². The quantitative estimate of drug-likeness (QED) is 0.639. The maximum absolute atomic E-state index is 5.96. The van der Waals surface area contributed by atoms with Crippen molar-refractivity contribution in [1.82, 2.24) is 4.90 Å². The van der Waals surface area contributed by atoms with Gasteiger partial charge >= 0.3 is 0 Å². The van der Waals surface area contributed by atoms with E-state index in [0.717, 1.165) is 42.6 Å². The second kappa shape index (κ2) is 8.78. The van der Waals surface area contributed by atoms with Crippen LogP contribution in [0.25, 0.3) is 0 Å². The van der Waals surface area contributed by atoms with Crippen molar-refractivity contribution in [2.75, 3.05) is 19.9 Å². The van der Waals surface area contributed by atoms with Crippen LogP contribution in [-0.2, 0) is 13.1 Å².